The van der Waals surface area contributed by atoms with Crippen molar-refractivity contribution in [1.82, 2.24) is 0 Å². The van der Waals surface area contributed by atoms with Gasteiger partial charge in [0.1, 0.15) is 0 Å². The van der Waals surface area contributed by atoms with E-state index in [1.165, 1.54) is 19.3 Å². The summed E-state index contributed by atoms with van der Waals surface area (Å²) in [4.78, 5) is 0. The lowest BCUT2D eigenvalue weighted by Gasteiger charge is -2.07. The van der Waals surface area contributed by atoms with Crippen molar-refractivity contribution in [3.63, 3.8) is 0 Å². The fourth-order valence-electron chi connectivity index (χ4n) is 0.992. The molecule has 0 amide bonds. The van der Waals surface area contributed by atoms with E-state index >= 15 is 0 Å². The van der Waals surface area contributed by atoms with Crippen molar-refractivity contribution in [1.29, 1.82) is 0 Å². The van der Waals surface area contributed by atoms with E-state index < -0.39 is 10.1 Å². The largest absolute Gasteiger partial charge is 0.748 e. The predicted molar refractivity (Wildman–Crippen MR) is 75.1 cm³/mol. The molecular weight excluding hydrogens is 236 g/mol. The third-order valence-electron chi connectivity index (χ3n) is 2.08. The zero-order valence-electron chi connectivity index (χ0n) is 11.3. The molecule has 4 heteroatoms. The summed E-state index contributed by atoms with van der Waals surface area (Å²) in [5.74, 6) is 0.957. The number of hydrogen-bond acceptors (Lipinski definition) is 3. The fraction of sp³-hybridized carbons (Fsp3) is 1.00. The molecule has 0 heterocycles. The van der Waals surface area contributed by atoms with Gasteiger partial charge in [-0.15, -0.1) is 0 Å². The van der Waals surface area contributed by atoms with Gasteiger partial charge in [-0.3, -0.25) is 0 Å². The van der Waals surface area contributed by atoms with Crippen molar-refractivity contribution < 1.29 is 13.0 Å². The summed E-state index contributed by atoms with van der Waals surface area (Å²) in [7, 11) is -3.97. The lowest BCUT2D eigenvalue weighted by atomic mass is 10.1. The van der Waals surface area contributed by atoms with Crippen LogP contribution in [0.25, 0.3) is 0 Å². The minimum absolute atomic E-state index is 0. The van der Waals surface area contributed by atoms with Gasteiger partial charge in [0.05, 0.1) is 10.1 Å². The Morgan fingerprint density at radius 1 is 1.00 bits per heavy atom. The van der Waals surface area contributed by atoms with Gasteiger partial charge >= 0.3 is 0 Å². The summed E-state index contributed by atoms with van der Waals surface area (Å²) in [6, 6.07) is 0. The van der Waals surface area contributed by atoms with Crippen molar-refractivity contribution >= 4 is 10.1 Å². The topological polar surface area (TPSA) is 57.2 Å². The van der Waals surface area contributed by atoms with Gasteiger partial charge in [0, 0.05) is 5.75 Å². The molecule has 0 unspecified atom stereocenters. The smallest absolute Gasteiger partial charge is 0.0946 e. The average molecular weight is 267 g/mol. The highest BCUT2D eigenvalue weighted by molar-refractivity contribution is 7.85. The van der Waals surface area contributed by atoms with Crippen LogP contribution in [-0.4, -0.2) is 18.7 Å². The summed E-state index contributed by atoms with van der Waals surface area (Å²) in [6.07, 6.45) is 4.61. The Bertz CT molecular complexity index is 231. The van der Waals surface area contributed by atoms with Crippen molar-refractivity contribution in [3.8, 4) is 0 Å². The summed E-state index contributed by atoms with van der Waals surface area (Å²) >= 11 is 0. The molecule has 17 heavy (non-hydrogen) atoms. The predicted octanol–water partition coefficient (Wildman–Crippen LogP) is 4.05. The van der Waals surface area contributed by atoms with E-state index in [1.807, 2.05) is 13.8 Å². The highest BCUT2D eigenvalue weighted by atomic mass is 32.2. The SMILES string of the molecule is C.CC(C)CCS(=O)(=O)[O-].CCCCC(C)C. The molecule has 0 spiro atoms. The molecule has 0 radical (unpaired) electrons. The van der Waals surface area contributed by atoms with Crippen molar-refractivity contribution in [2.75, 3.05) is 5.75 Å². The van der Waals surface area contributed by atoms with Gasteiger partial charge in [0.2, 0.25) is 0 Å². The standard InChI is InChI=1S/C7H16.C5H12O3S.CH4/c1-4-5-6-7(2)3;1-5(2)3-4-9(6,7)8;/h7H,4-6H2,1-3H3;5H,3-4H2,1-2H3,(H,6,7,8);1H4/p-1. The maximum atomic E-state index is 9.98. The van der Waals surface area contributed by atoms with Crippen molar-refractivity contribution in [2.24, 2.45) is 11.8 Å². The van der Waals surface area contributed by atoms with Gasteiger partial charge in [-0.25, -0.2) is 8.42 Å². The molecular formula is C13H31O3S-. The van der Waals surface area contributed by atoms with E-state index in [0.717, 1.165) is 5.92 Å². The molecule has 0 atom stereocenters. The first-order valence-electron chi connectivity index (χ1n) is 6.12. The van der Waals surface area contributed by atoms with Crippen LogP contribution in [0.15, 0.2) is 0 Å². The van der Waals surface area contributed by atoms with Crippen LogP contribution in [-0.2, 0) is 10.1 Å². The van der Waals surface area contributed by atoms with E-state index in [9.17, 15) is 13.0 Å². The lowest BCUT2D eigenvalue weighted by Crippen LogP contribution is -2.06. The summed E-state index contributed by atoms with van der Waals surface area (Å²) in [6.45, 7) is 10.5. The fourth-order valence-corrected chi connectivity index (χ4v) is 1.75. The minimum atomic E-state index is -3.97. The van der Waals surface area contributed by atoms with Gasteiger partial charge in [-0.05, 0) is 18.3 Å². The Kier molecular flexibility index (Phi) is 16.1. The Labute approximate surface area is 109 Å². The van der Waals surface area contributed by atoms with Crippen molar-refractivity contribution in [2.45, 2.75) is 67.7 Å². The Morgan fingerprint density at radius 3 is 1.53 bits per heavy atom. The molecule has 0 aliphatic heterocycles. The maximum absolute atomic E-state index is 9.98. The molecule has 0 aromatic rings. The van der Waals surface area contributed by atoms with Crippen LogP contribution in [0.4, 0.5) is 0 Å². The lowest BCUT2D eigenvalue weighted by molar-refractivity contribution is 0.455. The molecule has 0 saturated carbocycles. The molecule has 3 nitrogen and oxygen atoms in total. The van der Waals surface area contributed by atoms with Gasteiger partial charge in [-0.2, -0.15) is 0 Å². The minimum Gasteiger partial charge on any atom is -0.748 e. The highest BCUT2D eigenvalue weighted by Gasteiger charge is 1.97. The van der Waals surface area contributed by atoms with Crippen LogP contribution in [0.1, 0.15) is 67.7 Å². The van der Waals surface area contributed by atoms with Crippen molar-refractivity contribution in [3.05, 3.63) is 0 Å². The van der Waals surface area contributed by atoms with E-state index in [1.54, 1.807) is 0 Å². The molecule has 0 bridgehead atoms. The summed E-state index contributed by atoms with van der Waals surface area (Å²) in [5, 5.41) is 0. The van der Waals surface area contributed by atoms with Gasteiger partial charge in [0.15, 0.2) is 0 Å². The zero-order valence-corrected chi connectivity index (χ0v) is 12.1. The van der Waals surface area contributed by atoms with Crippen LogP contribution in [0.3, 0.4) is 0 Å². The van der Waals surface area contributed by atoms with Gasteiger partial charge in [0.25, 0.3) is 0 Å². The number of unbranched alkanes of at least 4 members (excludes halogenated alkanes) is 1. The molecule has 108 valence electrons. The van der Waals surface area contributed by atoms with E-state index in [-0.39, 0.29) is 19.1 Å². The Balaban J connectivity index is -0.000000224. The first kappa shape index (κ1) is 22.1. The maximum Gasteiger partial charge on any atom is 0.0946 e. The van der Waals surface area contributed by atoms with Crippen LogP contribution in [0.2, 0.25) is 0 Å². The van der Waals surface area contributed by atoms with Gasteiger partial charge in [-0.1, -0.05) is 61.3 Å². The van der Waals surface area contributed by atoms with Crippen LogP contribution in [0, 0.1) is 11.8 Å². The van der Waals surface area contributed by atoms with Crippen LogP contribution < -0.4 is 0 Å². The second kappa shape index (κ2) is 12.4. The zero-order chi connectivity index (χ0) is 13.2. The molecule has 0 aliphatic carbocycles. The molecule has 0 fully saturated rings. The number of hydrogen-bond donors (Lipinski definition) is 0. The van der Waals surface area contributed by atoms with Gasteiger partial charge < -0.3 is 4.55 Å². The summed E-state index contributed by atoms with van der Waals surface area (Å²) in [5.41, 5.74) is 0. The number of rotatable bonds is 6. The Morgan fingerprint density at radius 2 is 1.41 bits per heavy atom. The van der Waals surface area contributed by atoms with Crippen LogP contribution in [0.5, 0.6) is 0 Å². The quantitative estimate of drug-likeness (QED) is 0.682. The molecule has 0 aromatic carbocycles. The monoisotopic (exact) mass is 267 g/mol. The normalized spacial score (nSPS) is 10.8. The first-order valence-corrected chi connectivity index (χ1v) is 7.70. The van der Waals surface area contributed by atoms with E-state index in [2.05, 4.69) is 20.8 Å². The summed E-state index contributed by atoms with van der Waals surface area (Å²) < 4.78 is 29.9. The highest BCUT2D eigenvalue weighted by Crippen LogP contribution is 2.04. The van der Waals surface area contributed by atoms with Crippen LogP contribution >= 0.6 is 0 Å². The molecule has 0 N–H and O–H groups in total. The second-order valence-electron chi connectivity index (χ2n) is 4.98. The van der Waals surface area contributed by atoms with E-state index in [4.69, 9.17) is 0 Å². The molecule has 0 aliphatic rings. The first-order chi connectivity index (χ1) is 7.19. The van der Waals surface area contributed by atoms with E-state index in [0.29, 0.717) is 6.42 Å². The molecule has 0 rings (SSSR count). The molecule has 0 saturated heterocycles. The third-order valence-corrected chi connectivity index (χ3v) is 2.82. The average Bonchev–Trinajstić information content (AvgIpc) is 2.11. The second-order valence-corrected chi connectivity index (χ2v) is 6.50. The Hall–Kier alpha value is -0.0900. The third kappa shape index (κ3) is 31.3. The molecule has 0 aromatic heterocycles.